The van der Waals surface area contributed by atoms with Gasteiger partial charge in [0.2, 0.25) is 0 Å². The van der Waals surface area contributed by atoms with Gasteiger partial charge >= 0.3 is 0 Å². The number of hydrogen-bond acceptors (Lipinski definition) is 4. The lowest BCUT2D eigenvalue weighted by Gasteiger charge is -2.12. The van der Waals surface area contributed by atoms with E-state index in [1.807, 2.05) is 19.1 Å². The van der Waals surface area contributed by atoms with E-state index in [0.29, 0.717) is 22.5 Å². The quantitative estimate of drug-likeness (QED) is 0.742. The summed E-state index contributed by atoms with van der Waals surface area (Å²) >= 11 is 0. The molecule has 1 aromatic heterocycles. The zero-order chi connectivity index (χ0) is 14.3. The van der Waals surface area contributed by atoms with E-state index in [9.17, 15) is 9.90 Å². The molecule has 1 N–H and O–H groups in total. The minimum Gasteiger partial charge on any atom is -0.492 e. The highest BCUT2D eigenvalue weighted by atomic mass is 16.5. The minimum atomic E-state index is -0.119. The van der Waals surface area contributed by atoms with Gasteiger partial charge in [0.05, 0.1) is 20.0 Å². The fourth-order valence-corrected chi connectivity index (χ4v) is 2.81. The molecule has 4 heteroatoms. The topological polar surface area (TPSA) is 59.7 Å². The van der Waals surface area contributed by atoms with Crippen LogP contribution in [0.1, 0.15) is 21.5 Å². The SMILES string of the molecule is COc1c2cccc(C=O)c2c(C)c2c(CO)coc12. The fraction of sp³-hybridized carbons (Fsp3) is 0.188. The van der Waals surface area contributed by atoms with Crippen molar-refractivity contribution in [1.82, 2.24) is 0 Å². The molecule has 0 radical (unpaired) electrons. The average molecular weight is 270 g/mol. The zero-order valence-electron chi connectivity index (χ0n) is 11.3. The first-order valence-electron chi connectivity index (χ1n) is 6.28. The summed E-state index contributed by atoms with van der Waals surface area (Å²) in [5, 5.41) is 11.9. The van der Waals surface area contributed by atoms with Gasteiger partial charge in [-0.1, -0.05) is 18.2 Å². The van der Waals surface area contributed by atoms with Crippen molar-refractivity contribution in [2.24, 2.45) is 0 Å². The Labute approximate surface area is 115 Å². The Morgan fingerprint density at radius 3 is 2.80 bits per heavy atom. The van der Waals surface area contributed by atoms with Crippen LogP contribution in [0.25, 0.3) is 21.7 Å². The molecule has 0 unspecified atom stereocenters. The lowest BCUT2D eigenvalue weighted by Crippen LogP contribution is -1.94. The summed E-state index contributed by atoms with van der Waals surface area (Å²) in [5.41, 5.74) is 2.81. The third kappa shape index (κ3) is 1.55. The summed E-state index contributed by atoms with van der Waals surface area (Å²) < 4.78 is 11.0. The Balaban J connectivity index is 2.63. The zero-order valence-corrected chi connectivity index (χ0v) is 11.3. The number of fused-ring (bicyclic) bond motifs is 2. The van der Waals surface area contributed by atoms with E-state index < -0.39 is 0 Å². The van der Waals surface area contributed by atoms with Crippen LogP contribution in [0, 0.1) is 6.92 Å². The third-order valence-corrected chi connectivity index (χ3v) is 3.67. The Hall–Kier alpha value is -2.33. The number of methoxy groups -OCH3 is 1. The number of aliphatic hydroxyl groups excluding tert-OH is 1. The van der Waals surface area contributed by atoms with Gasteiger partial charge in [0.25, 0.3) is 0 Å². The number of carbonyl (C=O) groups excluding carboxylic acids is 1. The molecule has 0 aliphatic rings. The largest absolute Gasteiger partial charge is 0.492 e. The highest BCUT2D eigenvalue weighted by Crippen LogP contribution is 2.41. The number of ether oxygens (including phenoxy) is 1. The predicted molar refractivity (Wildman–Crippen MR) is 76.3 cm³/mol. The molecule has 3 aromatic rings. The van der Waals surface area contributed by atoms with Crippen molar-refractivity contribution in [1.29, 1.82) is 0 Å². The molecule has 0 amide bonds. The van der Waals surface area contributed by atoms with E-state index in [1.165, 1.54) is 6.26 Å². The molecule has 0 bridgehead atoms. The third-order valence-electron chi connectivity index (χ3n) is 3.67. The summed E-state index contributed by atoms with van der Waals surface area (Å²) in [6, 6.07) is 5.48. The number of carbonyl (C=O) groups is 1. The first-order chi connectivity index (χ1) is 9.72. The second-order valence-corrected chi connectivity index (χ2v) is 4.67. The molecule has 0 saturated heterocycles. The van der Waals surface area contributed by atoms with Crippen LogP contribution in [-0.4, -0.2) is 18.5 Å². The molecule has 3 rings (SSSR count). The maximum Gasteiger partial charge on any atom is 0.176 e. The van der Waals surface area contributed by atoms with Crippen LogP contribution < -0.4 is 4.74 Å². The van der Waals surface area contributed by atoms with Crippen molar-refractivity contribution in [2.75, 3.05) is 7.11 Å². The van der Waals surface area contributed by atoms with Crippen molar-refractivity contribution in [3.05, 3.63) is 41.2 Å². The van der Waals surface area contributed by atoms with E-state index in [4.69, 9.17) is 9.15 Å². The van der Waals surface area contributed by atoms with Gasteiger partial charge in [-0.3, -0.25) is 4.79 Å². The van der Waals surface area contributed by atoms with Crippen LogP contribution in [0.4, 0.5) is 0 Å². The van der Waals surface area contributed by atoms with Crippen LogP contribution >= 0.6 is 0 Å². The first-order valence-corrected chi connectivity index (χ1v) is 6.28. The van der Waals surface area contributed by atoms with Crippen molar-refractivity contribution in [2.45, 2.75) is 13.5 Å². The van der Waals surface area contributed by atoms with E-state index >= 15 is 0 Å². The van der Waals surface area contributed by atoms with Crippen LogP contribution in [0.5, 0.6) is 5.75 Å². The number of aliphatic hydroxyl groups is 1. The molecular formula is C16H14O4. The monoisotopic (exact) mass is 270 g/mol. The van der Waals surface area contributed by atoms with E-state index in [0.717, 1.165) is 28.0 Å². The molecule has 4 nitrogen and oxygen atoms in total. The van der Waals surface area contributed by atoms with Gasteiger partial charge in [-0.2, -0.15) is 0 Å². The number of aryl methyl sites for hydroxylation is 1. The van der Waals surface area contributed by atoms with E-state index in [2.05, 4.69) is 0 Å². The molecule has 0 aliphatic carbocycles. The molecule has 0 fully saturated rings. The summed E-state index contributed by atoms with van der Waals surface area (Å²) in [7, 11) is 1.57. The summed E-state index contributed by atoms with van der Waals surface area (Å²) in [6.07, 6.45) is 2.36. The summed E-state index contributed by atoms with van der Waals surface area (Å²) in [6.45, 7) is 1.80. The number of benzene rings is 2. The maximum atomic E-state index is 11.3. The van der Waals surface area contributed by atoms with Crippen molar-refractivity contribution in [3.63, 3.8) is 0 Å². The first kappa shape index (κ1) is 12.7. The van der Waals surface area contributed by atoms with Crippen LogP contribution in [-0.2, 0) is 6.61 Å². The van der Waals surface area contributed by atoms with Gasteiger partial charge in [-0.25, -0.2) is 0 Å². The summed E-state index contributed by atoms with van der Waals surface area (Å²) in [4.78, 5) is 11.3. The van der Waals surface area contributed by atoms with Gasteiger partial charge in [-0.05, 0) is 17.9 Å². The highest BCUT2D eigenvalue weighted by molar-refractivity contribution is 6.12. The van der Waals surface area contributed by atoms with Gasteiger partial charge in [-0.15, -0.1) is 0 Å². The van der Waals surface area contributed by atoms with Gasteiger partial charge in [0.1, 0.15) is 0 Å². The van der Waals surface area contributed by atoms with Crippen molar-refractivity contribution >= 4 is 28.0 Å². The normalized spacial score (nSPS) is 11.2. The standard InChI is InChI=1S/C16H14O4/c1-9-13-10(6-17)4-3-5-12(13)15(19-2)16-14(9)11(7-18)8-20-16/h3-6,8,18H,7H2,1-2H3. The van der Waals surface area contributed by atoms with Gasteiger partial charge in [0.15, 0.2) is 17.6 Å². The molecule has 0 aliphatic heterocycles. The molecule has 1 heterocycles. The minimum absolute atomic E-state index is 0.119. The highest BCUT2D eigenvalue weighted by Gasteiger charge is 2.19. The van der Waals surface area contributed by atoms with E-state index in [-0.39, 0.29) is 6.61 Å². The number of aldehydes is 1. The maximum absolute atomic E-state index is 11.3. The van der Waals surface area contributed by atoms with Crippen LogP contribution in [0.3, 0.4) is 0 Å². The van der Waals surface area contributed by atoms with Gasteiger partial charge < -0.3 is 14.3 Å². The molecule has 0 saturated carbocycles. The smallest absolute Gasteiger partial charge is 0.176 e. The lowest BCUT2D eigenvalue weighted by atomic mass is 9.95. The molecule has 2 aromatic carbocycles. The van der Waals surface area contributed by atoms with Crippen molar-refractivity contribution in [3.8, 4) is 5.75 Å². The fourth-order valence-electron chi connectivity index (χ4n) is 2.81. The molecular weight excluding hydrogens is 256 g/mol. The second-order valence-electron chi connectivity index (χ2n) is 4.67. The Morgan fingerprint density at radius 1 is 1.35 bits per heavy atom. The van der Waals surface area contributed by atoms with Gasteiger partial charge in [0, 0.05) is 21.9 Å². The number of hydrogen-bond donors (Lipinski definition) is 1. The second kappa shape index (κ2) is 4.65. The Bertz CT molecular complexity index is 814. The average Bonchev–Trinajstić information content (AvgIpc) is 2.91. The van der Waals surface area contributed by atoms with Crippen molar-refractivity contribution < 1.29 is 19.1 Å². The molecule has 102 valence electrons. The van der Waals surface area contributed by atoms with E-state index in [1.54, 1.807) is 13.2 Å². The number of furan rings is 1. The number of rotatable bonds is 3. The lowest BCUT2D eigenvalue weighted by molar-refractivity contribution is 0.112. The van der Waals surface area contributed by atoms with Crippen LogP contribution in [0.2, 0.25) is 0 Å². The predicted octanol–water partition coefficient (Wildman–Crippen LogP) is 3.21. The Kier molecular flexibility index (Phi) is 2.95. The molecule has 0 spiro atoms. The molecule has 0 atom stereocenters. The Morgan fingerprint density at radius 2 is 2.15 bits per heavy atom. The van der Waals surface area contributed by atoms with Crippen LogP contribution in [0.15, 0.2) is 28.9 Å². The molecule has 20 heavy (non-hydrogen) atoms. The summed E-state index contributed by atoms with van der Waals surface area (Å²) in [5.74, 6) is 0.587.